The van der Waals surface area contributed by atoms with Crippen molar-refractivity contribution in [2.45, 2.75) is 18.7 Å². The van der Waals surface area contributed by atoms with Crippen LogP contribution in [0.5, 0.6) is 0 Å². The van der Waals surface area contributed by atoms with Crippen molar-refractivity contribution in [3.05, 3.63) is 60.2 Å². The first-order valence-corrected chi connectivity index (χ1v) is 8.90. The molecule has 0 saturated carbocycles. The summed E-state index contributed by atoms with van der Waals surface area (Å²) >= 11 is 0. The fourth-order valence-electron chi connectivity index (χ4n) is 2.07. The summed E-state index contributed by atoms with van der Waals surface area (Å²) < 4.78 is 26.8. The molecule has 24 heavy (non-hydrogen) atoms. The number of hydrogen-bond acceptors (Lipinski definition) is 5. The van der Waals surface area contributed by atoms with Crippen LogP contribution in [0.1, 0.15) is 13.8 Å². The van der Waals surface area contributed by atoms with Crippen LogP contribution in [-0.4, -0.2) is 21.4 Å². The molecule has 0 atom stereocenters. The minimum Gasteiger partial charge on any atom is -0.322 e. The summed E-state index contributed by atoms with van der Waals surface area (Å²) in [6.45, 7) is 3.98. The van der Waals surface area contributed by atoms with E-state index in [0.29, 0.717) is 5.69 Å². The Morgan fingerprint density at radius 1 is 1.08 bits per heavy atom. The highest BCUT2D eigenvalue weighted by Gasteiger charge is 2.20. The number of allylic oxidation sites excluding steroid dienone is 4. The number of carbonyl (C=O) groups is 1. The molecule has 0 aliphatic heterocycles. The lowest BCUT2D eigenvalue weighted by atomic mass is 9.93. The van der Waals surface area contributed by atoms with Crippen molar-refractivity contribution in [3.8, 4) is 0 Å². The maximum absolute atomic E-state index is 12.3. The van der Waals surface area contributed by atoms with Gasteiger partial charge in [0.2, 0.25) is 0 Å². The third-order valence-corrected chi connectivity index (χ3v) is 4.76. The van der Waals surface area contributed by atoms with Crippen molar-refractivity contribution < 1.29 is 13.2 Å². The van der Waals surface area contributed by atoms with E-state index in [4.69, 9.17) is 0 Å². The summed E-state index contributed by atoms with van der Waals surface area (Å²) in [6.07, 6.45) is 8.76. The van der Waals surface area contributed by atoms with Gasteiger partial charge in [-0.25, -0.2) is 18.6 Å². The van der Waals surface area contributed by atoms with E-state index in [9.17, 15) is 13.2 Å². The van der Waals surface area contributed by atoms with E-state index in [2.05, 4.69) is 15.6 Å². The number of hydrogen-bond donors (Lipinski definition) is 3. The van der Waals surface area contributed by atoms with Gasteiger partial charge in [-0.3, -0.25) is 4.79 Å². The molecule has 1 aromatic rings. The van der Waals surface area contributed by atoms with Crippen LogP contribution in [-0.2, 0) is 14.8 Å². The number of carbonyl (C=O) groups excluding carboxylic acids is 1. The molecule has 0 spiro atoms. The molecule has 0 fully saturated rings. The van der Waals surface area contributed by atoms with Gasteiger partial charge >= 0.3 is 0 Å². The molecule has 6 nitrogen and oxygen atoms in total. The monoisotopic (exact) mass is 347 g/mol. The van der Waals surface area contributed by atoms with Gasteiger partial charge in [-0.1, -0.05) is 38.2 Å². The second-order valence-electron chi connectivity index (χ2n) is 5.97. The van der Waals surface area contributed by atoms with E-state index in [0.717, 1.165) is 0 Å². The Morgan fingerprint density at radius 3 is 2.38 bits per heavy atom. The molecule has 1 aromatic carbocycles. The Labute approximate surface area is 142 Å². The molecule has 2 rings (SSSR count). The highest BCUT2D eigenvalue weighted by atomic mass is 32.2. The normalized spacial score (nSPS) is 16.2. The van der Waals surface area contributed by atoms with Gasteiger partial charge in [-0.05, 0) is 30.3 Å². The average molecular weight is 347 g/mol. The van der Waals surface area contributed by atoms with Crippen LogP contribution in [0.2, 0.25) is 0 Å². The highest BCUT2D eigenvalue weighted by Crippen LogP contribution is 2.23. The summed E-state index contributed by atoms with van der Waals surface area (Å²) in [6, 6.07) is 6.06. The van der Waals surface area contributed by atoms with Crippen molar-refractivity contribution in [1.82, 2.24) is 10.1 Å². The molecule has 0 heterocycles. The first kappa shape index (κ1) is 18.0. The van der Waals surface area contributed by atoms with Gasteiger partial charge in [-0.15, -0.1) is 0 Å². The fourth-order valence-corrected chi connectivity index (χ4v) is 3.04. The van der Waals surface area contributed by atoms with E-state index < -0.39 is 15.9 Å². The van der Waals surface area contributed by atoms with E-state index >= 15 is 0 Å². The number of sulfonamides is 1. The smallest absolute Gasteiger partial charge is 0.264 e. The molecule has 0 saturated heterocycles. The second-order valence-corrected chi connectivity index (χ2v) is 7.65. The summed E-state index contributed by atoms with van der Waals surface area (Å²) in [4.78, 5) is 12.3. The lowest BCUT2D eigenvalue weighted by Gasteiger charge is -2.12. The quantitative estimate of drug-likeness (QED) is 0.710. The van der Waals surface area contributed by atoms with Gasteiger partial charge in [0.25, 0.3) is 15.9 Å². The Balaban J connectivity index is 2.15. The highest BCUT2D eigenvalue weighted by molar-refractivity contribution is 7.90. The zero-order chi connectivity index (χ0) is 17.8. The predicted octanol–water partition coefficient (Wildman–Crippen LogP) is 2.12. The van der Waals surface area contributed by atoms with Crippen LogP contribution < -0.4 is 15.6 Å². The predicted molar refractivity (Wildman–Crippen MR) is 94.6 cm³/mol. The van der Waals surface area contributed by atoms with Crippen LogP contribution in [0.3, 0.4) is 0 Å². The Bertz CT molecular complexity index is 804. The number of rotatable bonds is 5. The van der Waals surface area contributed by atoms with E-state index in [1.54, 1.807) is 37.4 Å². The molecule has 0 aromatic heterocycles. The Hall–Kier alpha value is -2.38. The van der Waals surface area contributed by atoms with Gasteiger partial charge < -0.3 is 5.43 Å². The second kappa shape index (κ2) is 7.02. The number of hydrazine groups is 1. The molecular weight excluding hydrogens is 326 g/mol. The van der Waals surface area contributed by atoms with Crippen LogP contribution >= 0.6 is 0 Å². The summed E-state index contributed by atoms with van der Waals surface area (Å²) in [5.74, 6) is -0.661. The first-order valence-electron chi connectivity index (χ1n) is 7.42. The van der Waals surface area contributed by atoms with Crippen LogP contribution in [0, 0.1) is 5.41 Å². The SMILES string of the molecule is CNNc1ccc(S(=O)(=O)NC(=O)C2=CC=CC(C)(C)C=C2)cc1. The lowest BCUT2D eigenvalue weighted by molar-refractivity contribution is -0.115. The minimum atomic E-state index is -3.93. The molecule has 128 valence electrons. The summed E-state index contributed by atoms with van der Waals surface area (Å²) in [7, 11) is -2.22. The van der Waals surface area contributed by atoms with E-state index in [-0.39, 0.29) is 15.9 Å². The number of nitrogens with one attached hydrogen (secondary N) is 3. The maximum atomic E-state index is 12.3. The topological polar surface area (TPSA) is 87.3 Å². The fraction of sp³-hybridized carbons (Fsp3) is 0.235. The van der Waals surface area contributed by atoms with Crippen molar-refractivity contribution in [2.24, 2.45) is 5.41 Å². The number of benzene rings is 1. The molecule has 0 radical (unpaired) electrons. The van der Waals surface area contributed by atoms with Gasteiger partial charge in [0.1, 0.15) is 0 Å². The maximum Gasteiger partial charge on any atom is 0.264 e. The lowest BCUT2D eigenvalue weighted by Crippen LogP contribution is -2.31. The zero-order valence-corrected chi connectivity index (χ0v) is 14.6. The third kappa shape index (κ3) is 4.56. The third-order valence-electron chi connectivity index (χ3n) is 3.42. The standard InChI is InChI=1S/C17H21N3O3S/c1-17(2)11-4-5-13(10-12-17)16(21)20-24(22,23)15-8-6-14(7-9-15)19-18-3/h4-12,18-19H,1-3H3,(H,20,21). The first-order chi connectivity index (χ1) is 11.2. The van der Waals surface area contributed by atoms with Crippen LogP contribution in [0.15, 0.2) is 65.1 Å². The van der Waals surface area contributed by atoms with Crippen molar-refractivity contribution in [3.63, 3.8) is 0 Å². The zero-order valence-electron chi connectivity index (χ0n) is 13.8. The Kier molecular flexibility index (Phi) is 5.26. The van der Waals surface area contributed by atoms with Gasteiger partial charge in [0, 0.05) is 23.7 Å². The number of amides is 1. The molecule has 0 unspecified atom stereocenters. The van der Waals surface area contributed by atoms with Crippen LogP contribution in [0.4, 0.5) is 5.69 Å². The Morgan fingerprint density at radius 2 is 1.75 bits per heavy atom. The average Bonchev–Trinajstić information content (AvgIpc) is 2.68. The van der Waals surface area contributed by atoms with Crippen LogP contribution in [0.25, 0.3) is 0 Å². The molecular formula is C17H21N3O3S. The van der Waals surface area contributed by atoms with E-state index in [1.165, 1.54) is 12.1 Å². The van der Waals surface area contributed by atoms with Gasteiger partial charge in [-0.2, -0.15) is 0 Å². The molecule has 3 N–H and O–H groups in total. The minimum absolute atomic E-state index is 0.0200. The largest absolute Gasteiger partial charge is 0.322 e. The summed E-state index contributed by atoms with van der Waals surface area (Å²) in [5, 5.41) is 0. The molecule has 0 bridgehead atoms. The van der Waals surface area contributed by atoms with Crippen molar-refractivity contribution in [2.75, 3.05) is 12.5 Å². The molecule has 1 amide bonds. The molecule has 7 heteroatoms. The molecule has 1 aliphatic carbocycles. The molecule has 1 aliphatic rings. The van der Waals surface area contributed by atoms with Crippen molar-refractivity contribution in [1.29, 1.82) is 0 Å². The summed E-state index contributed by atoms with van der Waals surface area (Å²) in [5.41, 5.74) is 6.39. The number of anilines is 1. The van der Waals surface area contributed by atoms with Gasteiger partial charge in [0.05, 0.1) is 4.90 Å². The van der Waals surface area contributed by atoms with E-state index in [1.807, 2.05) is 26.0 Å². The van der Waals surface area contributed by atoms with Gasteiger partial charge in [0.15, 0.2) is 0 Å². The van der Waals surface area contributed by atoms with Crippen molar-refractivity contribution >= 4 is 21.6 Å².